The fourth-order valence-corrected chi connectivity index (χ4v) is 3.15. The van der Waals surface area contributed by atoms with Gasteiger partial charge < -0.3 is 9.80 Å². The van der Waals surface area contributed by atoms with Crippen LogP contribution in [0.3, 0.4) is 0 Å². The van der Waals surface area contributed by atoms with Gasteiger partial charge in [-0.05, 0) is 42.7 Å². The van der Waals surface area contributed by atoms with E-state index >= 15 is 0 Å². The summed E-state index contributed by atoms with van der Waals surface area (Å²) < 4.78 is 13.2. The van der Waals surface area contributed by atoms with Crippen molar-refractivity contribution >= 4 is 11.8 Å². The number of amides is 2. The van der Waals surface area contributed by atoms with E-state index in [-0.39, 0.29) is 17.6 Å². The van der Waals surface area contributed by atoms with Crippen LogP contribution in [0.15, 0.2) is 48.8 Å². The Balaban J connectivity index is 1.53. The summed E-state index contributed by atoms with van der Waals surface area (Å²) in [5, 5.41) is 0. The van der Waals surface area contributed by atoms with E-state index in [4.69, 9.17) is 0 Å². The van der Waals surface area contributed by atoms with Gasteiger partial charge in [-0.2, -0.15) is 0 Å². The number of pyridine rings is 1. The number of aryl methyl sites for hydroxylation is 1. The summed E-state index contributed by atoms with van der Waals surface area (Å²) in [6, 6.07) is 9.75. The zero-order valence-corrected chi connectivity index (χ0v) is 14.6. The van der Waals surface area contributed by atoms with E-state index in [2.05, 4.69) is 4.98 Å². The third kappa shape index (κ3) is 4.65. The summed E-state index contributed by atoms with van der Waals surface area (Å²) in [6.07, 6.45) is 4.83. The molecule has 2 amide bonds. The molecule has 0 aliphatic carbocycles. The first-order valence-corrected chi connectivity index (χ1v) is 8.85. The number of hydrogen-bond donors (Lipinski definition) is 0. The van der Waals surface area contributed by atoms with Crippen molar-refractivity contribution in [3.63, 3.8) is 0 Å². The molecule has 1 saturated heterocycles. The maximum absolute atomic E-state index is 13.2. The maximum atomic E-state index is 13.2. The Morgan fingerprint density at radius 2 is 1.73 bits per heavy atom. The maximum Gasteiger partial charge on any atom is 0.254 e. The zero-order valence-electron chi connectivity index (χ0n) is 14.6. The number of carbonyl (C=O) groups excluding carboxylic acids is 2. The van der Waals surface area contributed by atoms with Crippen LogP contribution in [-0.4, -0.2) is 52.8 Å². The topological polar surface area (TPSA) is 53.5 Å². The van der Waals surface area contributed by atoms with E-state index < -0.39 is 0 Å². The van der Waals surface area contributed by atoms with Gasteiger partial charge in [-0.1, -0.05) is 12.1 Å². The van der Waals surface area contributed by atoms with Crippen molar-refractivity contribution in [2.75, 3.05) is 26.2 Å². The Labute approximate surface area is 152 Å². The molecule has 2 heterocycles. The van der Waals surface area contributed by atoms with Crippen LogP contribution < -0.4 is 0 Å². The van der Waals surface area contributed by atoms with Crippen molar-refractivity contribution in [1.29, 1.82) is 0 Å². The Bertz CT molecular complexity index is 767. The van der Waals surface area contributed by atoms with E-state index in [1.54, 1.807) is 40.4 Å². The lowest BCUT2D eigenvalue weighted by molar-refractivity contribution is -0.131. The van der Waals surface area contributed by atoms with Crippen LogP contribution in [0.25, 0.3) is 0 Å². The quantitative estimate of drug-likeness (QED) is 0.847. The highest BCUT2D eigenvalue weighted by Gasteiger charge is 2.22. The summed E-state index contributed by atoms with van der Waals surface area (Å²) in [5.74, 6) is -0.260. The molecule has 1 aliphatic heterocycles. The lowest BCUT2D eigenvalue weighted by atomic mass is 10.1. The summed E-state index contributed by atoms with van der Waals surface area (Å²) in [5.41, 5.74) is 1.44. The number of hydrogen-bond acceptors (Lipinski definition) is 3. The van der Waals surface area contributed by atoms with Crippen LogP contribution in [0, 0.1) is 5.82 Å². The van der Waals surface area contributed by atoms with Gasteiger partial charge in [0.15, 0.2) is 0 Å². The van der Waals surface area contributed by atoms with Gasteiger partial charge in [-0.15, -0.1) is 0 Å². The Morgan fingerprint density at radius 1 is 1.00 bits per heavy atom. The van der Waals surface area contributed by atoms with Gasteiger partial charge in [0, 0.05) is 50.6 Å². The zero-order chi connectivity index (χ0) is 18.4. The van der Waals surface area contributed by atoms with Crippen LogP contribution >= 0.6 is 0 Å². The number of benzene rings is 1. The molecule has 0 radical (unpaired) electrons. The Hall–Kier alpha value is -2.76. The van der Waals surface area contributed by atoms with Gasteiger partial charge >= 0.3 is 0 Å². The number of halogens is 1. The second-order valence-electron chi connectivity index (χ2n) is 6.39. The standard InChI is InChI=1S/C20H22FN3O2/c21-18-4-1-3-16(15-18)5-6-19(25)23-11-2-12-24(14-13-23)20(26)17-7-9-22-10-8-17/h1,3-4,7-10,15H,2,5-6,11-14H2. The largest absolute Gasteiger partial charge is 0.341 e. The molecule has 1 aliphatic rings. The Kier molecular flexibility index (Phi) is 5.94. The van der Waals surface area contributed by atoms with Crippen molar-refractivity contribution in [3.05, 3.63) is 65.7 Å². The highest BCUT2D eigenvalue weighted by molar-refractivity contribution is 5.94. The molecule has 2 aromatic rings. The first-order valence-electron chi connectivity index (χ1n) is 8.85. The molecule has 1 aromatic heterocycles. The van der Waals surface area contributed by atoms with E-state index in [0.29, 0.717) is 44.6 Å². The van der Waals surface area contributed by atoms with Gasteiger partial charge in [0.1, 0.15) is 5.82 Å². The minimum Gasteiger partial charge on any atom is -0.341 e. The number of aromatic nitrogens is 1. The first kappa shape index (κ1) is 18.0. The molecule has 0 bridgehead atoms. The molecule has 6 heteroatoms. The minimum atomic E-state index is -0.282. The van der Waals surface area contributed by atoms with Crippen molar-refractivity contribution < 1.29 is 14.0 Å². The van der Waals surface area contributed by atoms with Crippen LogP contribution in [0.2, 0.25) is 0 Å². The van der Waals surface area contributed by atoms with Gasteiger partial charge in [-0.3, -0.25) is 14.6 Å². The molecule has 5 nitrogen and oxygen atoms in total. The summed E-state index contributed by atoms with van der Waals surface area (Å²) in [4.78, 5) is 32.5. The number of carbonyl (C=O) groups is 2. The first-order chi connectivity index (χ1) is 12.6. The van der Waals surface area contributed by atoms with Gasteiger partial charge in [0.05, 0.1) is 0 Å². The lowest BCUT2D eigenvalue weighted by Crippen LogP contribution is -2.37. The highest BCUT2D eigenvalue weighted by Crippen LogP contribution is 2.12. The molecule has 0 N–H and O–H groups in total. The molecular formula is C20H22FN3O2. The monoisotopic (exact) mass is 355 g/mol. The van der Waals surface area contributed by atoms with Crippen LogP contribution in [0.5, 0.6) is 0 Å². The summed E-state index contributed by atoms with van der Waals surface area (Å²) in [6.45, 7) is 2.32. The number of nitrogens with zero attached hydrogens (tertiary/aromatic N) is 3. The lowest BCUT2D eigenvalue weighted by Gasteiger charge is -2.22. The highest BCUT2D eigenvalue weighted by atomic mass is 19.1. The molecule has 1 aromatic carbocycles. The predicted octanol–water partition coefficient (Wildman–Crippen LogP) is 2.53. The molecule has 0 unspecified atom stereocenters. The van der Waals surface area contributed by atoms with E-state index in [1.807, 2.05) is 6.07 Å². The molecule has 26 heavy (non-hydrogen) atoms. The average Bonchev–Trinajstić information content (AvgIpc) is 2.92. The molecule has 136 valence electrons. The van der Waals surface area contributed by atoms with Crippen molar-refractivity contribution in [2.45, 2.75) is 19.3 Å². The van der Waals surface area contributed by atoms with Crippen LogP contribution in [0.4, 0.5) is 4.39 Å². The molecule has 1 fully saturated rings. The van der Waals surface area contributed by atoms with Crippen LogP contribution in [-0.2, 0) is 11.2 Å². The minimum absolute atomic E-state index is 0.0264. The smallest absolute Gasteiger partial charge is 0.254 e. The van der Waals surface area contributed by atoms with Crippen molar-refractivity contribution in [1.82, 2.24) is 14.8 Å². The van der Waals surface area contributed by atoms with Gasteiger partial charge in [0.25, 0.3) is 5.91 Å². The van der Waals surface area contributed by atoms with E-state index in [9.17, 15) is 14.0 Å². The molecule has 0 spiro atoms. The van der Waals surface area contributed by atoms with E-state index in [0.717, 1.165) is 12.0 Å². The van der Waals surface area contributed by atoms with Crippen molar-refractivity contribution in [2.24, 2.45) is 0 Å². The molecule has 0 saturated carbocycles. The van der Waals surface area contributed by atoms with Crippen LogP contribution in [0.1, 0.15) is 28.8 Å². The third-order valence-corrected chi connectivity index (χ3v) is 4.58. The molecular weight excluding hydrogens is 333 g/mol. The fourth-order valence-electron chi connectivity index (χ4n) is 3.15. The normalized spacial score (nSPS) is 14.8. The average molecular weight is 355 g/mol. The Morgan fingerprint density at radius 3 is 2.50 bits per heavy atom. The second kappa shape index (κ2) is 8.56. The summed E-state index contributed by atoms with van der Waals surface area (Å²) >= 11 is 0. The predicted molar refractivity (Wildman–Crippen MR) is 96.1 cm³/mol. The number of rotatable bonds is 4. The van der Waals surface area contributed by atoms with E-state index in [1.165, 1.54) is 12.1 Å². The second-order valence-corrected chi connectivity index (χ2v) is 6.39. The van der Waals surface area contributed by atoms with Crippen molar-refractivity contribution in [3.8, 4) is 0 Å². The molecule has 3 rings (SSSR count). The SMILES string of the molecule is O=C(CCc1cccc(F)c1)N1CCCN(C(=O)c2ccncc2)CC1. The van der Waals surface area contributed by atoms with Gasteiger partial charge in [-0.25, -0.2) is 4.39 Å². The van der Waals surface area contributed by atoms with Gasteiger partial charge in [0.2, 0.25) is 5.91 Å². The summed E-state index contributed by atoms with van der Waals surface area (Å²) in [7, 11) is 0. The third-order valence-electron chi connectivity index (χ3n) is 4.58. The fraction of sp³-hybridized carbons (Fsp3) is 0.350. The molecule has 0 atom stereocenters.